The normalized spacial score (nSPS) is 10.6. The third kappa shape index (κ3) is 2.03. The molecule has 0 aliphatic rings. The first-order valence-corrected chi connectivity index (χ1v) is 3.38. The molecular formula is C6H10N4O2. The van der Waals surface area contributed by atoms with E-state index in [4.69, 9.17) is 5.11 Å². The number of carboxylic acids is 1. The second kappa shape index (κ2) is 3.31. The van der Waals surface area contributed by atoms with Gasteiger partial charge in [-0.1, -0.05) is 0 Å². The topological polar surface area (TPSA) is 71.2 Å². The van der Waals surface area contributed by atoms with Gasteiger partial charge in [-0.25, -0.2) is 4.79 Å². The van der Waals surface area contributed by atoms with Crippen LogP contribution in [0.5, 0.6) is 0 Å². The van der Waals surface area contributed by atoms with Crippen LogP contribution in [0.3, 0.4) is 0 Å². The van der Waals surface area contributed by atoms with Gasteiger partial charge in [0.15, 0.2) is 5.69 Å². The van der Waals surface area contributed by atoms with Crippen molar-refractivity contribution in [3.05, 3.63) is 11.9 Å². The average Bonchev–Trinajstić information content (AvgIpc) is 2.34. The van der Waals surface area contributed by atoms with Crippen LogP contribution in [0.1, 0.15) is 10.5 Å². The molecule has 6 nitrogen and oxygen atoms in total. The second-order valence-electron chi connectivity index (χ2n) is 2.63. The van der Waals surface area contributed by atoms with Gasteiger partial charge in [0.05, 0.1) is 6.20 Å². The quantitative estimate of drug-likeness (QED) is 0.661. The first-order valence-electron chi connectivity index (χ1n) is 3.38. The summed E-state index contributed by atoms with van der Waals surface area (Å²) >= 11 is 0. The molecule has 0 fully saturated rings. The van der Waals surface area contributed by atoms with Gasteiger partial charge < -0.3 is 5.11 Å². The minimum Gasteiger partial charge on any atom is -0.476 e. The highest BCUT2D eigenvalue weighted by Crippen LogP contribution is 1.91. The Hall–Kier alpha value is -1.43. The van der Waals surface area contributed by atoms with Gasteiger partial charge in [0, 0.05) is 0 Å². The van der Waals surface area contributed by atoms with Crippen molar-refractivity contribution >= 4 is 5.97 Å². The van der Waals surface area contributed by atoms with Gasteiger partial charge in [0.2, 0.25) is 0 Å². The van der Waals surface area contributed by atoms with Crippen LogP contribution in [0.2, 0.25) is 0 Å². The van der Waals surface area contributed by atoms with E-state index in [-0.39, 0.29) is 5.69 Å². The minimum atomic E-state index is -1.06. The van der Waals surface area contributed by atoms with Crippen molar-refractivity contribution in [2.24, 2.45) is 0 Å². The number of nitrogens with zero attached hydrogens (tertiary/aromatic N) is 4. The number of carboxylic acid groups (broad SMARTS) is 1. The number of rotatable bonds is 3. The molecule has 1 rings (SSSR count). The van der Waals surface area contributed by atoms with Crippen molar-refractivity contribution in [2.45, 2.75) is 6.67 Å². The Balaban J connectivity index is 2.71. The summed E-state index contributed by atoms with van der Waals surface area (Å²) in [6.07, 6.45) is 1.23. The molecule has 0 unspecified atom stereocenters. The van der Waals surface area contributed by atoms with E-state index in [0.29, 0.717) is 6.67 Å². The lowest BCUT2D eigenvalue weighted by Gasteiger charge is -2.06. The van der Waals surface area contributed by atoms with Crippen molar-refractivity contribution in [3.63, 3.8) is 0 Å². The van der Waals surface area contributed by atoms with Crippen LogP contribution >= 0.6 is 0 Å². The molecule has 0 spiro atoms. The molecule has 66 valence electrons. The Kier molecular flexibility index (Phi) is 2.39. The highest BCUT2D eigenvalue weighted by Gasteiger charge is 2.07. The summed E-state index contributed by atoms with van der Waals surface area (Å²) in [6, 6.07) is 0. The molecule has 0 aliphatic carbocycles. The average molecular weight is 170 g/mol. The lowest BCUT2D eigenvalue weighted by molar-refractivity contribution is 0.0688. The highest BCUT2D eigenvalue weighted by atomic mass is 16.4. The maximum atomic E-state index is 10.4. The van der Waals surface area contributed by atoms with Crippen molar-refractivity contribution in [3.8, 4) is 0 Å². The first kappa shape index (κ1) is 8.66. The van der Waals surface area contributed by atoms with Crippen molar-refractivity contribution in [1.82, 2.24) is 19.9 Å². The van der Waals surface area contributed by atoms with Crippen molar-refractivity contribution < 1.29 is 9.90 Å². The highest BCUT2D eigenvalue weighted by molar-refractivity contribution is 5.84. The van der Waals surface area contributed by atoms with E-state index < -0.39 is 5.97 Å². The Morgan fingerprint density at radius 1 is 1.75 bits per heavy atom. The minimum absolute atomic E-state index is 0.0307. The zero-order valence-electron chi connectivity index (χ0n) is 6.93. The molecule has 0 amide bonds. The summed E-state index contributed by atoms with van der Waals surface area (Å²) in [7, 11) is 3.70. The maximum Gasteiger partial charge on any atom is 0.358 e. The smallest absolute Gasteiger partial charge is 0.358 e. The third-order valence-electron chi connectivity index (χ3n) is 1.16. The summed E-state index contributed by atoms with van der Waals surface area (Å²) in [5.74, 6) is -1.06. The van der Waals surface area contributed by atoms with Crippen LogP contribution in [-0.4, -0.2) is 45.1 Å². The van der Waals surface area contributed by atoms with Gasteiger partial charge in [0.25, 0.3) is 0 Å². The van der Waals surface area contributed by atoms with Crippen LogP contribution in [0.25, 0.3) is 0 Å². The van der Waals surface area contributed by atoms with E-state index in [0.717, 1.165) is 0 Å². The fourth-order valence-corrected chi connectivity index (χ4v) is 0.716. The van der Waals surface area contributed by atoms with E-state index in [9.17, 15) is 4.79 Å². The Bertz CT molecular complexity index is 281. The van der Waals surface area contributed by atoms with Crippen molar-refractivity contribution in [2.75, 3.05) is 14.1 Å². The molecule has 0 saturated carbocycles. The molecule has 12 heavy (non-hydrogen) atoms. The molecule has 0 bridgehead atoms. The van der Waals surface area contributed by atoms with Crippen LogP contribution in [0.15, 0.2) is 6.20 Å². The SMILES string of the molecule is CN(C)Cn1ncc(C(=O)O)n1. The largest absolute Gasteiger partial charge is 0.476 e. The van der Waals surface area contributed by atoms with E-state index >= 15 is 0 Å². The molecule has 0 aromatic carbocycles. The molecular weight excluding hydrogens is 160 g/mol. The molecule has 0 aliphatic heterocycles. The van der Waals surface area contributed by atoms with Crippen LogP contribution in [0, 0.1) is 0 Å². The van der Waals surface area contributed by atoms with Gasteiger partial charge in [-0.05, 0) is 14.1 Å². The van der Waals surface area contributed by atoms with Gasteiger partial charge >= 0.3 is 5.97 Å². The summed E-state index contributed by atoms with van der Waals surface area (Å²) in [4.78, 5) is 13.5. The fraction of sp³-hybridized carbons (Fsp3) is 0.500. The van der Waals surface area contributed by atoms with Gasteiger partial charge in [0.1, 0.15) is 6.67 Å². The van der Waals surface area contributed by atoms with Crippen molar-refractivity contribution in [1.29, 1.82) is 0 Å². The summed E-state index contributed by atoms with van der Waals surface area (Å²) < 4.78 is 0. The Labute approximate surface area is 69.4 Å². The number of hydrogen-bond acceptors (Lipinski definition) is 4. The molecule has 0 radical (unpaired) electrons. The molecule has 1 heterocycles. The number of hydrogen-bond donors (Lipinski definition) is 1. The van der Waals surface area contributed by atoms with Crippen LogP contribution < -0.4 is 0 Å². The number of aromatic carboxylic acids is 1. The first-order chi connectivity index (χ1) is 5.59. The van der Waals surface area contributed by atoms with Gasteiger partial charge in [-0.3, -0.25) is 4.90 Å². The van der Waals surface area contributed by atoms with E-state index in [1.807, 2.05) is 19.0 Å². The lowest BCUT2D eigenvalue weighted by Crippen LogP contribution is -2.19. The lowest BCUT2D eigenvalue weighted by atomic mass is 10.5. The maximum absolute atomic E-state index is 10.4. The van der Waals surface area contributed by atoms with E-state index in [1.54, 1.807) is 0 Å². The predicted molar refractivity (Wildman–Crippen MR) is 40.7 cm³/mol. The fourth-order valence-electron chi connectivity index (χ4n) is 0.716. The summed E-state index contributed by atoms with van der Waals surface area (Å²) in [5, 5.41) is 16.0. The third-order valence-corrected chi connectivity index (χ3v) is 1.16. The summed E-state index contributed by atoms with van der Waals surface area (Å²) in [6.45, 7) is 0.479. The van der Waals surface area contributed by atoms with Gasteiger partial charge in [-0.15, -0.1) is 5.10 Å². The molecule has 1 N–H and O–H groups in total. The molecule has 0 atom stereocenters. The Morgan fingerprint density at radius 2 is 2.42 bits per heavy atom. The predicted octanol–water partition coefficient (Wildman–Crippen LogP) is -0.505. The van der Waals surface area contributed by atoms with Crippen LogP contribution in [0.4, 0.5) is 0 Å². The number of carbonyl (C=O) groups is 1. The monoisotopic (exact) mass is 170 g/mol. The zero-order chi connectivity index (χ0) is 9.14. The molecule has 0 saturated heterocycles. The zero-order valence-corrected chi connectivity index (χ0v) is 6.93. The van der Waals surface area contributed by atoms with Gasteiger partial charge in [-0.2, -0.15) is 9.90 Å². The molecule has 1 aromatic rings. The van der Waals surface area contributed by atoms with E-state index in [2.05, 4.69) is 10.2 Å². The summed E-state index contributed by atoms with van der Waals surface area (Å²) in [5.41, 5.74) is -0.0307. The van der Waals surface area contributed by atoms with E-state index in [1.165, 1.54) is 11.0 Å². The Morgan fingerprint density at radius 3 is 2.83 bits per heavy atom. The van der Waals surface area contributed by atoms with Crippen LogP contribution in [-0.2, 0) is 6.67 Å². The number of aromatic nitrogens is 3. The molecule has 1 aromatic heterocycles. The standard InChI is InChI=1S/C6H10N4O2/c1-9(2)4-10-7-3-5(8-10)6(11)12/h3H,4H2,1-2H3,(H,11,12). The molecule has 6 heteroatoms. The second-order valence-corrected chi connectivity index (χ2v) is 2.63.